The first-order chi connectivity index (χ1) is 5.16. The van der Waals surface area contributed by atoms with Crippen LogP contribution >= 0.6 is 0 Å². The number of epoxide rings is 1. The highest BCUT2D eigenvalue weighted by Gasteiger charge is 2.39. The fourth-order valence-electron chi connectivity index (χ4n) is 0.710. The lowest BCUT2D eigenvalue weighted by atomic mass is 10.2. The van der Waals surface area contributed by atoms with Gasteiger partial charge in [-0.1, -0.05) is 6.08 Å². The number of amides is 1. The third-order valence-electron chi connectivity index (χ3n) is 1.59. The summed E-state index contributed by atoms with van der Waals surface area (Å²) < 4.78 is 5.09. The molecule has 1 saturated heterocycles. The molecular weight excluding hydrogens is 142 g/mol. The molecule has 0 saturated carbocycles. The number of carbonyl (C=O) groups is 1. The summed E-state index contributed by atoms with van der Waals surface area (Å²) in [4.78, 5) is 10.9. The lowest BCUT2D eigenvalue weighted by Gasteiger charge is -2.04. The molecule has 1 atom stereocenters. The average Bonchev–Trinajstić information content (AvgIpc) is 2.66. The van der Waals surface area contributed by atoms with Crippen molar-refractivity contribution in [3.8, 4) is 0 Å². The molecule has 0 radical (unpaired) electrons. The molecule has 1 fully saturated rings. The Morgan fingerprint density at radius 1 is 1.82 bits per heavy atom. The Hall–Kier alpha value is -0.830. The van der Waals surface area contributed by atoms with Crippen LogP contribution in [0.15, 0.2) is 12.2 Å². The number of rotatable bonds is 3. The Labute approximate surface area is 66.4 Å². The molecule has 1 unspecified atom stereocenters. The molecule has 0 aromatic rings. The fourth-order valence-corrected chi connectivity index (χ4v) is 0.710. The van der Waals surface area contributed by atoms with E-state index in [9.17, 15) is 4.79 Å². The SMILES string of the molecule is C/C=C/C(=O)NCC1(C)CO1. The number of allylic oxidation sites excluding steroid dienone is 1. The fraction of sp³-hybridized carbons (Fsp3) is 0.625. The quantitative estimate of drug-likeness (QED) is 0.475. The van der Waals surface area contributed by atoms with E-state index in [0.29, 0.717) is 6.54 Å². The van der Waals surface area contributed by atoms with Crippen LogP contribution in [0.2, 0.25) is 0 Å². The maximum Gasteiger partial charge on any atom is 0.243 e. The van der Waals surface area contributed by atoms with E-state index in [1.54, 1.807) is 6.08 Å². The van der Waals surface area contributed by atoms with Gasteiger partial charge in [0.05, 0.1) is 6.61 Å². The van der Waals surface area contributed by atoms with Crippen molar-refractivity contribution in [2.75, 3.05) is 13.2 Å². The lowest BCUT2D eigenvalue weighted by molar-refractivity contribution is -0.116. The molecule has 0 aliphatic carbocycles. The van der Waals surface area contributed by atoms with Crippen LogP contribution in [0.1, 0.15) is 13.8 Å². The van der Waals surface area contributed by atoms with E-state index in [-0.39, 0.29) is 11.5 Å². The van der Waals surface area contributed by atoms with Crippen LogP contribution in [0.5, 0.6) is 0 Å². The van der Waals surface area contributed by atoms with Crippen LogP contribution < -0.4 is 5.32 Å². The monoisotopic (exact) mass is 155 g/mol. The van der Waals surface area contributed by atoms with E-state index in [1.165, 1.54) is 6.08 Å². The maximum atomic E-state index is 10.9. The Morgan fingerprint density at radius 2 is 2.45 bits per heavy atom. The van der Waals surface area contributed by atoms with Gasteiger partial charge in [-0.3, -0.25) is 4.79 Å². The minimum Gasteiger partial charge on any atom is -0.368 e. The first-order valence-electron chi connectivity index (χ1n) is 3.71. The van der Waals surface area contributed by atoms with Crippen molar-refractivity contribution >= 4 is 5.91 Å². The maximum absolute atomic E-state index is 10.9. The van der Waals surface area contributed by atoms with Crippen LogP contribution in [0.25, 0.3) is 0 Å². The lowest BCUT2D eigenvalue weighted by Crippen LogP contribution is -2.31. The molecular formula is C8H13NO2. The zero-order chi connectivity index (χ0) is 8.32. The third kappa shape index (κ3) is 2.72. The van der Waals surface area contributed by atoms with Gasteiger partial charge in [-0.2, -0.15) is 0 Å². The molecule has 11 heavy (non-hydrogen) atoms. The van der Waals surface area contributed by atoms with Crippen LogP contribution in [0, 0.1) is 0 Å². The molecule has 1 heterocycles. The van der Waals surface area contributed by atoms with Crippen molar-refractivity contribution in [2.45, 2.75) is 19.4 Å². The number of hydrogen-bond donors (Lipinski definition) is 1. The highest BCUT2D eigenvalue weighted by Crippen LogP contribution is 2.24. The molecule has 1 N–H and O–H groups in total. The van der Waals surface area contributed by atoms with E-state index < -0.39 is 0 Å². The van der Waals surface area contributed by atoms with Crippen LogP contribution in [0.4, 0.5) is 0 Å². The highest BCUT2D eigenvalue weighted by molar-refractivity contribution is 5.87. The van der Waals surface area contributed by atoms with Crippen LogP contribution in [0.3, 0.4) is 0 Å². The molecule has 0 spiro atoms. The second-order valence-corrected chi connectivity index (χ2v) is 2.96. The van der Waals surface area contributed by atoms with Gasteiger partial charge in [0.2, 0.25) is 5.91 Å². The van der Waals surface area contributed by atoms with Gasteiger partial charge in [-0.25, -0.2) is 0 Å². The number of hydrogen-bond acceptors (Lipinski definition) is 2. The second kappa shape index (κ2) is 3.05. The van der Waals surface area contributed by atoms with E-state index in [2.05, 4.69) is 5.32 Å². The third-order valence-corrected chi connectivity index (χ3v) is 1.59. The van der Waals surface area contributed by atoms with Crippen molar-refractivity contribution in [1.29, 1.82) is 0 Å². The van der Waals surface area contributed by atoms with E-state index in [4.69, 9.17) is 4.74 Å². The molecule has 0 bridgehead atoms. The summed E-state index contributed by atoms with van der Waals surface area (Å²) in [5, 5.41) is 2.74. The summed E-state index contributed by atoms with van der Waals surface area (Å²) in [5.74, 6) is -0.0516. The van der Waals surface area contributed by atoms with Gasteiger partial charge in [0.15, 0.2) is 0 Å². The number of carbonyl (C=O) groups excluding carboxylic acids is 1. The van der Waals surface area contributed by atoms with Crippen molar-refractivity contribution in [1.82, 2.24) is 5.32 Å². The second-order valence-electron chi connectivity index (χ2n) is 2.96. The predicted molar refractivity (Wildman–Crippen MR) is 42.2 cm³/mol. The summed E-state index contributed by atoms with van der Waals surface area (Å²) in [5.41, 5.74) is -0.0861. The molecule has 0 aromatic carbocycles. The van der Waals surface area contributed by atoms with E-state index >= 15 is 0 Å². The first-order valence-corrected chi connectivity index (χ1v) is 3.71. The highest BCUT2D eigenvalue weighted by atomic mass is 16.6. The van der Waals surface area contributed by atoms with Crippen molar-refractivity contribution in [2.24, 2.45) is 0 Å². The van der Waals surface area contributed by atoms with Gasteiger partial charge in [-0.05, 0) is 19.9 Å². The normalized spacial score (nSPS) is 28.9. The van der Waals surface area contributed by atoms with Gasteiger partial charge < -0.3 is 10.1 Å². The Kier molecular flexibility index (Phi) is 2.29. The number of ether oxygens (including phenoxy) is 1. The van der Waals surface area contributed by atoms with Crippen molar-refractivity contribution < 1.29 is 9.53 Å². The van der Waals surface area contributed by atoms with Gasteiger partial charge in [0, 0.05) is 6.54 Å². The standard InChI is InChI=1S/C8H13NO2/c1-3-4-7(10)9-5-8(2)6-11-8/h3-4H,5-6H2,1-2H3,(H,9,10)/b4-3+. The molecule has 62 valence electrons. The molecule has 0 aromatic heterocycles. The minimum absolute atomic E-state index is 0.0516. The number of nitrogens with one attached hydrogen (secondary N) is 1. The molecule has 3 heteroatoms. The molecule has 1 amide bonds. The van der Waals surface area contributed by atoms with Crippen molar-refractivity contribution in [3.63, 3.8) is 0 Å². The summed E-state index contributed by atoms with van der Waals surface area (Å²) in [6.45, 7) is 5.15. The zero-order valence-corrected chi connectivity index (χ0v) is 6.89. The topological polar surface area (TPSA) is 41.6 Å². The minimum atomic E-state index is -0.0861. The first kappa shape index (κ1) is 8.27. The summed E-state index contributed by atoms with van der Waals surface area (Å²) >= 11 is 0. The van der Waals surface area contributed by atoms with Gasteiger partial charge in [0.25, 0.3) is 0 Å². The average molecular weight is 155 g/mol. The Balaban J connectivity index is 2.16. The van der Waals surface area contributed by atoms with Gasteiger partial charge >= 0.3 is 0 Å². The van der Waals surface area contributed by atoms with Crippen LogP contribution in [-0.2, 0) is 9.53 Å². The summed E-state index contributed by atoms with van der Waals surface area (Å²) in [6.07, 6.45) is 3.22. The smallest absolute Gasteiger partial charge is 0.243 e. The summed E-state index contributed by atoms with van der Waals surface area (Å²) in [6, 6.07) is 0. The Morgan fingerprint density at radius 3 is 2.91 bits per heavy atom. The van der Waals surface area contributed by atoms with Gasteiger partial charge in [0.1, 0.15) is 5.60 Å². The molecule has 3 nitrogen and oxygen atoms in total. The van der Waals surface area contributed by atoms with Crippen LogP contribution in [-0.4, -0.2) is 24.7 Å². The molecule has 1 aliphatic rings. The largest absolute Gasteiger partial charge is 0.368 e. The predicted octanol–water partition coefficient (Wildman–Crippen LogP) is 0.468. The summed E-state index contributed by atoms with van der Waals surface area (Å²) in [7, 11) is 0. The molecule has 1 rings (SSSR count). The van der Waals surface area contributed by atoms with Gasteiger partial charge in [-0.15, -0.1) is 0 Å². The van der Waals surface area contributed by atoms with E-state index in [1.807, 2.05) is 13.8 Å². The van der Waals surface area contributed by atoms with Crippen molar-refractivity contribution in [3.05, 3.63) is 12.2 Å². The van der Waals surface area contributed by atoms with E-state index in [0.717, 1.165) is 6.61 Å². The molecule has 1 aliphatic heterocycles. The zero-order valence-electron chi connectivity index (χ0n) is 6.89. The Bertz CT molecular complexity index is 183.